The number of nitrogens with zero attached hydrogens (tertiary/aromatic N) is 1. The number of fused-ring (bicyclic) bond motifs is 1. The van der Waals surface area contributed by atoms with Gasteiger partial charge in [0.1, 0.15) is 0 Å². The maximum atomic E-state index is 5.25. The summed E-state index contributed by atoms with van der Waals surface area (Å²) in [5, 5.41) is 4.53. The number of halogens is 1. The van der Waals surface area contributed by atoms with Gasteiger partial charge in [-0.1, -0.05) is 25.1 Å². The molecule has 18 heavy (non-hydrogen) atoms. The van der Waals surface area contributed by atoms with Gasteiger partial charge in [0.15, 0.2) is 0 Å². The number of para-hydroxylation sites is 1. The number of aromatic nitrogens is 1. The lowest BCUT2D eigenvalue weighted by Gasteiger charge is -2.18. The van der Waals surface area contributed by atoms with Crippen LogP contribution < -0.4 is 5.32 Å². The summed E-state index contributed by atoms with van der Waals surface area (Å²) in [5.74, 6) is 0. The summed E-state index contributed by atoms with van der Waals surface area (Å²) in [4.78, 5) is 4.72. The second-order valence-electron chi connectivity index (χ2n) is 4.11. The highest BCUT2D eigenvalue weighted by molar-refractivity contribution is 9.10. The van der Waals surface area contributed by atoms with Crippen molar-refractivity contribution in [2.45, 2.75) is 13.0 Å². The molecule has 2 aromatic rings. The Kier molecular flexibility index (Phi) is 4.69. The number of hydrogen-bond donors (Lipinski definition) is 1. The predicted octanol–water partition coefficient (Wildman–Crippen LogP) is 3.29. The number of benzene rings is 1. The van der Waals surface area contributed by atoms with Crippen molar-refractivity contribution in [1.29, 1.82) is 0 Å². The number of pyridine rings is 1. The molecule has 0 fully saturated rings. The van der Waals surface area contributed by atoms with E-state index in [0.717, 1.165) is 27.6 Å². The Bertz CT molecular complexity index is 524. The molecule has 3 nitrogen and oxygen atoms in total. The predicted molar refractivity (Wildman–Crippen MR) is 77.7 cm³/mol. The zero-order valence-corrected chi connectivity index (χ0v) is 12.2. The molecule has 0 saturated carbocycles. The van der Waals surface area contributed by atoms with Crippen molar-refractivity contribution in [3.63, 3.8) is 0 Å². The highest BCUT2D eigenvalue weighted by atomic mass is 79.9. The molecule has 0 spiro atoms. The van der Waals surface area contributed by atoms with Crippen LogP contribution in [0.5, 0.6) is 0 Å². The lowest BCUT2D eigenvalue weighted by Crippen LogP contribution is -2.26. The topological polar surface area (TPSA) is 34.1 Å². The largest absolute Gasteiger partial charge is 0.383 e. The van der Waals surface area contributed by atoms with Crippen molar-refractivity contribution < 1.29 is 4.74 Å². The summed E-state index contributed by atoms with van der Waals surface area (Å²) >= 11 is 3.60. The van der Waals surface area contributed by atoms with Crippen LogP contribution in [-0.4, -0.2) is 25.2 Å². The molecular weight excluding hydrogens is 292 g/mol. The smallest absolute Gasteiger partial charge is 0.0746 e. The molecule has 0 aliphatic carbocycles. The molecule has 0 amide bonds. The van der Waals surface area contributed by atoms with Gasteiger partial charge < -0.3 is 10.1 Å². The molecule has 2 rings (SSSR count). The molecule has 1 heterocycles. The fourth-order valence-corrected chi connectivity index (χ4v) is 2.61. The van der Waals surface area contributed by atoms with E-state index >= 15 is 0 Å². The number of ether oxygens (including phenoxy) is 1. The molecule has 0 aliphatic heterocycles. The highest BCUT2D eigenvalue weighted by Crippen LogP contribution is 2.26. The molecule has 96 valence electrons. The van der Waals surface area contributed by atoms with Crippen LogP contribution in [0.2, 0.25) is 0 Å². The van der Waals surface area contributed by atoms with Crippen LogP contribution in [0.4, 0.5) is 0 Å². The Balaban J connectivity index is 2.44. The third-order valence-corrected chi connectivity index (χ3v) is 3.45. The van der Waals surface area contributed by atoms with E-state index in [1.807, 2.05) is 18.2 Å². The normalized spacial score (nSPS) is 12.8. The van der Waals surface area contributed by atoms with E-state index in [1.165, 1.54) is 0 Å². The van der Waals surface area contributed by atoms with E-state index in [1.54, 1.807) is 7.11 Å². The maximum absolute atomic E-state index is 5.25. The van der Waals surface area contributed by atoms with Gasteiger partial charge in [0.2, 0.25) is 0 Å². The molecule has 1 unspecified atom stereocenters. The molecule has 0 aliphatic rings. The van der Waals surface area contributed by atoms with Crippen LogP contribution >= 0.6 is 15.9 Å². The third kappa shape index (κ3) is 2.88. The Hall–Kier alpha value is -0.970. The van der Waals surface area contributed by atoms with Crippen molar-refractivity contribution in [1.82, 2.24) is 10.3 Å². The SMILES string of the molecule is CCNC(COC)c1nc2ccccc2cc1Br. The fraction of sp³-hybridized carbons (Fsp3) is 0.357. The van der Waals surface area contributed by atoms with Gasteiger partial charge in [-0.05, 0) is 34.6 Å². The van der Waals surface area contributed by atoms with Crippen LogP contribution in [-0.2, 0) is 4.74 Å². The minimum absolute atomic E-state index is 0.110. The lowest BCUT2D eigenvalue weighted by molar-refractivity contribution is 0.166. The van der Waals surface area contributed by atoms with Gasteiger partial charge in [-0.2, -0.15) is 0 Å². The van der Waals surface area contributed by atoms with Crippen molar-refractivity contribution in [3.05, 3.63) is 40.5 Å². The van der Waals surface area contributed by atoms with Crippen molar-refractivity contribution in [3.8, 4) is 0 Å². The van der Waals surface area contributed by atoms with Crippen molar-refractivity contribution >= 4 is 26.8 Å². The molecule has 1 aromatic carbocycles. The number of nitrogens with one attached hydrogen (secondary N) is 1. The molecule has 1 aromatic heterocycles. The van der Waals surface area contributed by atoms with E-state index in [-0.39, 0.29) is 6.04 Å². The van der Waals surface area contributed by atoms with Gasteiger partial charge in [-0.15, -0.1) is 0 Å². The molecule has 0 saturated heterocycles. The number of rotatable bonds is 5. The van der Waals surface area contributed by atoms with Gasteiger partial charge in [0.05, 0.1) is 23.9 Å². The lowest BCUT2D eigenvalue weighted by atomic mass is 10.1. The first-order chi connectivity index (χ1) is 8.76. The van der Waals surface area contributed by atoms with Crippen LogP contribution in [0.15, 0.2) is 34.8 Å². The second kappa shape index (κ2) is 6.27. The van der Waals surface area contributed by atoms with E-state index in [0.29, 0.717) is 6.61 Å². The number of likely N-dealkylation sites (N-methyl/N-ethyl adjacent to an activating group) is 1. The maximum Gasteiger partial charge on any atom is 0.0746 e. The Morgan fingerprint density at radius 2 is 2.17 bits per heavy atom. The van der Waals surface area contributed by atoms with E-state index in [9.17, 15) is 0 Å². The summed E-state index contributed by atoms with van der Waals surface area (Å²) in [5.41, 5.74) is 2.01. The van der Waals surface area contributed by atoms with E-state index in [4.69, 9.17) is 9.72 Å². The standard InChI is InChI=1S/C14H17BrN2O/c1-3-16-13(9-18-2)14-11(15)8-10-6-4-5-7-12(10)17-14/h4-8,13,16H,3,9H2,1-2H3. The Morgan fingerprint density at radius 3 is 2.89 bits per heavy atom. The van der Waals surface area contributed by atoms with Gasteiger partial charge in [-0.25, -0.2) is 4.98 Å². The van der Waals surface area contributed by atoms with Gasteiger partial charge in [-0.3, -0.25) is 0 Å². The number of hydrogen-bond acceptors (Lipinski definition) is 3. The van der Waals surface area contributed by atoms with E-state index in [2.05, 4.69) is 40.3 Å². The van der Waals surface area contributed by atoms with Crippen LogP contribution in [0.1, 0.15) is 18.7 Å². The fourth-order valence-electron chi connectivity index (χ4n) is 2.00. The average molecular weight is 309 g/mol. The first kappa shape index (κ1) is 13.5. The molecule has 0 bridgehead atoms. The Labute approximate surface area is 116 Å². The van der Waals surface area contributed by atoms with Gasteiger partial charge >= 0.3 is 0 Å². The third-order valence-electron chi connectivity index (χ3n) is 2.82. The highest BCUT2D eigenvalue weighted by Gasteiger charge is 2.15. The zero-order valence-electron chi connectivity index (χ0n) is 10.6. The monoisotopic (exact) mass is 308 g/mol. The van der Waals surface area contributed by atoms with Gasteiger partial charge in [0.25, 0.3) is 0 Å². The minimum Gasteiger partial charge on any atom is -0.383 e. The minimum atomic E-state index is 0.110. The Morgan fingerprint density at radius 1 is 1.39 bits per heavy atom. The summed E-state index contributed by atoms with van der Waals surface area (Å²) in [6.07, 6.45) is 0. The summed E-state index contributed by atoms with van der Waals surface area (Å²) in [6.45, 7) is 3.57. The van der Waals surface area contributed by atoms with Crippen molar-refractivity contribution in [2.75, 3.05) is 20.3 Å². The average Bonchev–Trinajstić information content (AvgIpc) is 2.38. The van der Waals surface area contributed by atoms with Crippen LogP contribution in [0.3, 0.4) is 0 Å². The van der Waals surface area contributed by atoms with Crippen LogP contribution in [0.25, 0.3) is 10.9 Å². The molecule has 4 heteroatoms. The molecule has 1 atom stereocenters. The zero-order chi connectivity index (χ0) is 13.0. The second-order valence-corrected chi connectivity index (χ2v) is 4.97. The van der Waals surface area contributed by atoms with Crippen LogP contribution in [0, 0.1) is 0 Å². The molecule has 0 radical (unpaired) electrons. The summed E-state index contributed by atoms with van der Waals surface area (Å²) in [6, 6.07) is 10.3. The molecular formula is C14H17BrN2O. The first-order valence-corrected chi connectivity index (χ1v) is 6.83. The van der Waals surface area contributed by atoms with Crippen molar-refractivity contribution in [2.24, 2.45) is 0 Å². The first-order valence-electron chi connectivity index (χ1n) is 6.03. The van der Waals surface area contributed by atoms with Gasteiger partial charge in [0, 0.05) is 17.0 Å². The van der Waals surface area contributed by atoms with E-state index < -0.39 is 0 Å². The summed E-state index contributed by atoms with van der Waals surface area (Å²) < 4.78 is 6.27. The number of methoxy groups -OCH3 is 1. The summed E-state index contributed by atoms with van der Waals surface area (Å²) in [7, 11) is 1.71. The molecule has 1 N–H and O–H groups in total. The quantitative estimate of drug-likeness (QED) is 0.920.